The number of fused-ring (bicyclic) bond motifs is 1. The second kappa shape index (κ2) is 7.90. The number of anilines is 1. The zero-order valence-electron chi connectivity index (χ0n) is 14.7. The Morgan fingerprint density at radius 2 is 1.88 bits per heavy atom. The maximum absolute atomic E-state index is 5.68. The summed E-state index contributed by atoms with van der Waals surface area (Å²) < 4.78 is 10.7. The summed E-state index contributed by atoms with van der Waals surface area (Å²) in [4.78, 5) is 13.4. The van der Waals surface area contributed by atoms with Crippen LogP contribution in [-0.4, -0.2) is 41.8 Å². The third-order valence-electron chi connectivity index (χ3n) is 3.83. The number of aromatic nitrogens is 3. The van der Waals surface area contributed by atoms with Gasteiger partial charge in [-0.05, 0) is 43.7 Å². The molecular weight excluding hydrogens is 316 g/mol. The van der Waals surface area contributed by atoms with Crippen molar-refractivity contribution in [3.8, 4) is 17.0 Å². The standard InChI is InChI=1S/C19H22N4O2/c1-4-20-19-21-11-14(12-22-19)18-9-13(2)16-10-15(25-8-7-24-3)5-6-17(16)23-18/h5-6,9-12H,4,7-8H2,1-3H3,(H,20,21,22). The van der Waals surface area contributed by atoms with Crippen molar-refractivity contribution in [2.75, 3.05) is 32.2 Å². The van der Waals surface area contributed by atoms with Gasteiger partial charge < -0.3 is 14.8 Å². The minimum absolute atomic E-state index is 0.530. The van der Waals surface area contributed by atoms with Crippen molar-refractivity contribution < 1.29 is 9.47 Å². The number of hydrogen-bond acceptors (Lipinski definition) is 6. The number of nitrogens with one attached hydrogen (secondary N) is 1. The molecule has 0 amide bonds. The average molecular weight is 338 g/mol. The highest BCUT2D eigenvalue weighted by atomic mass is 16.5. The average Bonchev–Trinajstić information content (AvgIpc) is 2.63. The predicted octanol–water partition coefficient (Wildman–Crippen LogP) is 3.46. The lowest BCUT2D eigenvalue weighted by molar-refractivity contribution is 0.146. The lowest BCUT2D eigenvalue weighted by Gasteiger charge is -2.10. The molecular formula is C19H22N4O2. The van der Waals surface area contributed by atoms with Gasteiger partial charge in [-0.3, -0.25) is 0 Å². The Labute approximate surface area is 147 Å². The van der Waals surface area contributed by atoms with Gasteiger partial charge in [0.05, 0.1) is 17.8 Å². The molecule has 0 saturated heterocycles. The molecule has 3 aromatic rings. The first-order valence-corrected chi connectivity index (χ1v) is 8.30. The summed E-state index contributed by atoms with van der Waals surface area (Å²) in [5.74, 6) is 1.45. The number of methoxy groups -OCH3 is 1. The molecule has 3 rings (SSSR count). The van der Waals surface area contributed by atoms with Gasteiger partial charge in [0, 0.05) is 37.0 Å². The molecule has 2 heterocycles. The van der Waals surface area contributed by atoms with Gasteiger partial charge in [0.2, 0.25) is 5.95 Å². The van der Waals surface area contributed by atoms with Gasteiger partial charge in [0.25, 0.3) is 0 Å². The molecule has 0 aliphatic rings. The first kappa shape index (κ1) is 17.1. The molecule has 0 spiro atoms. The highest BCUT2D eigenvalue weighted by Crippen LogP contribution is 2.27. The van der Waals surface area contributed by atoms with Gasteiger partial charge in [-0.1, -0.05) is 0 Å². The molecule has 0 unspecified atom stereocenters. The summed E-state index contributed by atoms with van der Waals surface area (Å²) in [5.41, 5.74) is 3.81. The maximum atomic E-state index is 5.68. The van der Waals surface area contributed by atoms with Crippen LogP contribution >= 0.6 is 0 Å². The quantitative estimate of drug-likeness (QED) is 0.665. The Morgan fingerprint density at radius 1 is 1.08 bits per heavy atom. The number of benzene rings is 1. The van der Waals surface area contributed by atoms with Gasteiger partial charge in [-0.15, -0.1) is 0 Å². The van der Waals surface area contributed by atoms with E-state index in [1.54, 1.807) is 19.5 Å². The molecule has 6 nitrogen and oxygen atoms in total. The molecule has 0 aliphatic heterocycles. The Hall–Kier alpha value is -2.73. The molecule has 0 fully saturated rings. The van der Waals surface area contributed by atoms with E-state index >= 15 is 0 Å². The van der Waals surface area contributed by atoms with Crippen molar-refractivity contribution in [2.45, 2.75) is 13.8 Å². The summed E-state index contributed by atoms with van der Waals surface area (Å²) in [6.45, 7) is 5.97. The molecule has 0 saturated carbocycles. The van der Waals surface area contributed by atoms with Crippen LogP contribution in [0.2, 0.25) is 0 Å². The second-order valence-corrected chi connectivity index (χ2v) is 5.67. The second-order valence-electron chi connectivity index (χ2n) is 5.67. The van der Waals surface area contributed by atoms with Crippen molar-refractivity contribution in [3.63, 3.8) is 0 Å². The summed E-state index contributed by atoms with van der Waals surface area (Å²) in [6.07, 6.45) is 3.58. The number of pyridine rings is 1. The molecule has 2 aromatic heterocycles. The zero-order valence-corrected chi connectivity index (χ0v) is 14.7. The van der Waals surface area contributed by atoms with Crippen LogP contribution in [0.4, 0.5) is 5.95 Å². The molecule has 0 radical (unpaired) electrons. The fourth-order valence-corrected chi connectivity index (χ4v) is 2.56. The van der Waals surface area contributed by atoms with Crippen LogP contribution in [-0.2, 0) is 4.74 Å². The third-order valence-corrected chi connectivity index (χ3v) is 3.83. The lowest BCUT2D eigenvalue weighted by Crippen LogP contribution is -2.04. The van der Waals surface area contributed by atoms with E-state index in [4.69, 9.17) is 14.5 Å². The fraction of sp³-hybridized carbons (Fsp3) is 0.316. The number of rotatable bonds is 7. The third kappa shape index (κ3) is 4.03. The van der Waals surface area contributed by atoms with Crippen molar-refractivity contribution in [1.29, 1.82) is 0 Å². The number of nitrogens with zero attached hydrogens (tertiary/aromatic N) is 3. The van der Waals surface area contributed by atoms with E-state index < -0.39 is 0 Å². The van der Waals surface area contributed by atoms with E-state index in [-0.39, 0.29) is 0 Å². The largest absolute Gasteiger partial charge is 0.491 e. The van der Waals surface area contributed by atoms with Gasteiger partial charge in [0.1, 0.15) is 12.4 Å². The molecule has 0 bridgehead atoms. The van der Waals surface area contributed by atoms with E-state index in [9.17, 15) is 0 Å². The minimum Gasteiger partial charge on any atom is -0.491 e. The molecule has 0 aliphatic carbocycles. The summed E-state index contributed by atoms with van der Waals surface area (Å²) in [6, 6.07) is 7.97. The molecule has 25 heavy (non-hydrogen) atoms. The van der Waals surface area contributed by atoms with Gasteiger partial charge in [-0.2, -0.15) is 0 Å². The number of hydrogen-bond donors (Lipinski definition) is 1. The van der Waals surface area contributed by atoms with E-state index in [2.05, 4.69) is 22.2 Å². The van der Waals surface area contributed by atoms with Crippen molar-refractivity contribution in [2.24, 2.45) is 0 Å². The van der Waals surface area contributed by atoms with Crippen LogP contribution in [0.3, 0.4) is 0 Å². The van der Waals surface area contributed by atoms with Crippen LogP contribution in [0.5, 0.6) is 5.75 Å². The van der Waals surface area contributed by atoms with Gasteiger partial charge in [-0.25, -0.2) is 15.0 Å². The van der Waals surface area contributed by atoms with Crippen LogP contribution in [0.1, 0.15) is 12.5 Å². The fourth-order valence-electron chi connectivity index (χ4n) is 2.56. The molecule has 130 valence electrons. The first-order valence-electron chi connectivity index (χ1n) is 8.30. The number of aryl methyl sites for hydroxylation is 1. The van der Waals surface area contributed by atoms with Crippen molar-refractivity contribution in [3.05, 3.63) is 42.2 Å². The summed E-state index contributed by atoms with van der Waals surface area (Å²) >= 11 is 0. The van der Waals surface area contributed by atoms with Crippen molar-refractivity contribution in [1.82, 2.24) is 15.0 Å². The minimum atomic E-state index is 0.530. The topological polar surface area (TPSA) is 69.2 Å². The summed E-state index contributed by atoms with van der Waals surface area (Å²) in [7, 11) is 1.66. The Kier molecular flexibility index (Phi) is 5.40. The first-order chi connectivity index (χ1) is 12.2. The molecule has 0 atom stereocenters. The van der Waals surface area contributed by atoms with Crippen molar-refractivity contribution >= 4 is 16.9 Å². The van der Waals surface area contributed by atoms with Gasteiger partial charge >= 0.3 is 0 Å². The molecule has 6 heteroatoms. The van der Waals surface area contributed by atoms with Crippen LogP contribution in [0.25, 0.3) is 22.2 Å². The van der Waals surface area contributed by atoms with E-state index in [1.165, 1.54) is 0 Å². The van der Waals surface area contributed by atoms with Crippen LogP contribution in [0, 0.1) is 6.92 Å². The monoisotopic (exact) mass is 338 g/mol. The molecule has 1 N–H and O–H groups in total. The van der Waals surface area contributed by atoms with E-state index in [0.717, 1.165) is 40.0 Å². The Balaban J connectivity index is 1.89. The smallest absolute Gasteiger partial charge is 0.222 e. The van der Waals surface area contributed by atoms with Crippen LogP contribution in [0.15, 0.2) is 36.7 Å². The molecule has 1 aromatic carbocycles. The van der Waals surface area contributed by atoms with Gasteiger partial charge in [0.15, 0.2) is 0 Å². The normalized spacial score (nSPS) is 10.8. The lowest BCUT2D eigenvalue weighted by atomic mass is 10.1. The number of ether oxygens (including phenoxy) is 2. The van der Waals surface area contributed by atoms with Crippen LogP contribution < -0.4 is 10.1 Å². The predicted molar refractivity (Wildman–Crippen MR) is 99.0 cm³/mol. The summed E-state index contributed by atoms with van der Waals surface area (Å²) in [5, 5.41) is 4.16. The Bertz CT molecular complexity index is 850. The zero-order chi connectivity index (χ0) is 17.6. The SMILES string of the molecule is CCNc1ncc(-c2cc(C)c3cc(OCCOC)ccc3n2)cn1. The Morgan fingerprint density at radius 3 is 2.60 bits per heavy atom. The highest BCUT2D eigenvalue weighted by Gasteiger charge is 2.08. The van der Waals surface area contributed by atoms with E-state index in [0.29, 0.717) is 19.2 Å². The van der Waals surface area contributed by atoms with E-state index in [1.807, 2.05) is 31.2 Å². The highest BCUT2D eigenvalue weighted by molar-refractivity contribution is 5.86. The maximum Gasteiger partial charge on any atom is 0.222 e.